The number of alkyl halides is 5. The Morgan fingerprint density at radius 3 is 2.43 bits per heavy atom. The molecule has 65 heavy (non-hydrogen) atoms. The van der Waals surface area contributed by atoms with Gasteiger partial charge in [-0.25, -0.2) is 27.0 Å². The molecule has 1 aliphatic heterocycles. The number of fused-ring (bicyclic) bond motifs is 4. The lowest BCUT2D eigenvalue weighted by molar-refractivity contribution is -0.142. The van der Waals surface area contributed by atoms with Gasteiger partial charge in [0.1, 0.15) is 47.9 Å². The highest BCUT2D eigenvalue weighted by Gasteiger charge is 2.68. The average Bonchev–Trinajstić information content (AvgIpc) is 3.74. The predicted octanol–water partition coefficient (Wildman–Crippen LogP) is 8.20. The van der Waals surface area contributed by atoms with Crippen molar-refractivity contribution >= 4 is 32.6 Å². The van der Waals surface area contributed by atoms with Crippen LogP contribution in [0.1, 0.15) is 91.5 Å². The minimum atomic E-state index is -5.07. The zero-order chi connectivity index (χ0) is 47.0. The van der Waals surface area contributed by atoms with Crippen LogP contribution in [0.25, 0.3) is 22.0 Å². The summed E-state index contributed by atoms with van der Waals surface area (Å²) in [6, 6.07) is 10.3. The van der Waals surface area contributed by atoms with Crippen molar-refractivity contribution in [1.82, 2.24) is 29.4 Å². The third kappa shape index (κ3) is 9.48. The Morgan fingerprint density at radius 2 is 1.75 bits per heavy atom. The maximum Gasteiger partial charge on any atom is 0.435 e. The zero-order valence-electron chi connectivity index (χ0n) is 35.8. The summed E-state index contributed by atoms with van der Waals surface area (Å²) in [6.07, 6.45) is -5.37. The van der Waals surface area contributed by atoms with Crippen LogP contribution in [0.5, 0.6) is 0 Å². The van der Waals surface area contributed by atoms with Crippen LogP contribution in [0.4, 0.5) is 35.5 Å². The number of benzene rings is 2. The number of carbonyl (C=O) groups excluding carboxylic acids is 2. The monoisotopic (exact) mass is 928 g/mol. The average molecular weight is 929 g/mol. The van der Waals surface area contributed by atoms with Crippen molar-refractivity contribution in [3.8, 4) is 23.0 Å². The third-order valence-electron chi connectivity index (χ3n) is 11.5. The largest absolute Gasteiger partial charge is 0.444 e. The fraction of sp³-hybridized carbons (Fsp3) is 0.444. The number of halogens is 7. The Balaban J connectivity index is 1.26. The van der Waals surface area contributed by atoms with Crippen LogP contribution < -0.4 is 0 Å². The first-order valence-electron chi connectivity index (χ1n) is 20.6. The smallest absolute Gasteiger partial charge is 0.435 e. The van der Waals surface area contributed by atoms with Crippen LogP contribution in [-0.2, 0) is 62.0 Å². The summed E-state index contributed by atoms with van der Waals surface area (Å²) in [5.41, 5.74) is -2.06. The second kappa shape index (κ2) is 16.6. The normalized spacial score (nSPS) is 19.6. The number of amides is 1. The third-order valence-corrected chi connectivity index (χ3v) is 12.3. The molecule has 1 saturated carbocycles. The second-order valence-corrected chi connectivity index (χ2v) is 19.9. The summed E-state index contributed by atoms with van der Waals surface area (Å²) in [6.45, 7) is 4.32. The quantitative estimate of drug-likeness (QED) is 0.100. The standard InChI is InChI=1S/C45H43F7N6O6S/c1-43(2,3)64-42(60)57-23-63-14-13-29(57)11-9-28-10-12-31(32-7-6-8-33-36(22-65(5,61)62)54-56(4)39(32)33)38(53-28)25(15-24-16-26(46)19-27(47)17-24)18-30(59)21-58-41-37(40(55-58)45(50,51)52)34-20-35(34)44(41,48)49/h6-8,10,12,16-17,19,25,29,34-35H,13-15,18,20-23H2,1-5H3/t25-,29?,34+,35-/m1/s1. The van der Waals surface area contributed by atoms with Gasteiger partial charge in [0.15, 0.2) is 21.3 Å². The van der Waals surface area contributed by atoms with Gasteiger partial charge in [0.2, 0.25) is 0 Å². The molecule has 4 atom stereocenters. The van der Waals surface area contributed by atoms with Gasteiger partial charge in [0.25, 0.3) is 5.92 Å². The minimum Gasteiger partial charge on any atom is -0.444 e. The fourth-order valence-electron chi connectivity index (χ4n) is 8.86. The molecule has 2 fully saturated rings. The first-order chi connectivity index (χ1) is 30.4. The molecule has 2 aliphatic carbocycles. The Kier molecular flexibility index (Phi) is 11.7. The van der Waals surface area contributed by atoms with E-state index in [0.29, 0.717) is 39.2 Å². The van der Waals surface area contributed by atoms with E-state index in [1.807, 2.05) is 0 Å². The van der Waals surface area contributed by atoms with E-state index < -0.39 is 111 Å². The van der Waals surface area contributed by atoms with E-state index in [1.54, 1.807) is 58.2 Å². The lowest BCUT2D eigenvalue weighted by Crippen LogP contribution is -2.47. The van der Waals surface area contributed by atoms with Crippen LogP contribution in [-0.4, -0.2) is 81.0 Å². The molecular weight excluding hydrogens is 886 g/mol. The SMILES string of the molecule is Cn1nc(CS(C)(=O)=O)c2cccc(-c3ccc(C#CC4CCOCN4C(=O)OC(C)(C)C)nc3[C@@H](CC(=O)Cn3nc(C(F)(F)F)c4c3C(F)(F)[C@@H]3C[C@H]43)Cc3cc(F)cc(F)c3)c21. The molecule has 0 bridgehead atoms. The molecule has 20 heteroatoms. The van der Waals surface area contributed by atoms with Gasteiger partial charge in [0, 0.05) is 66.1 Å². The molecule has 0 radical (unpaired) electrons. The van der Waals surface area contributed by atoms with E-state index >= 15 is 8.78 Å². The molecule has 1 unspecified atom stereocenters. The second-order valence-electron chi connectivity index (χ2n) is 17.8. The molecule has 344 valence electrons. The van der Waals surface area contributed by atoms with Gasteiger partial charge in [-0.15, -0.1) is 0 Å². The number of nitrogens with zero attached hydrogens (tertiary/aromatic N) is 6. The van der Waals surface area contributed by atoms with E-state index in [-0.39, 0.29) is 48.8 Å². The fourth-order valence-corrected chi connectivity index (χ4v) is 9.57. The zero-order valence-corrected chi connectivity index (χ0v) is 36.6. The molecule has 0 N–H and O–H groups in total. The number of ether oxygens (including phenoxy) is 2. The van der Waals surface area contributed by atoms with Crippen LogP contribution >= 0.6 is 0 Å². The van der Waals surface area contributed by atoms with Gasteiger partial charge in [-0.3, -0.25) is 19.1 Å². The molecule has 2 aromatic carbocycles. The number of Topliss-reactive ketones (excluding diaryl/α,β-unsaturated/α-hetero) is 1. The summed E-state index contributed by atoms with van der Waals surface area (Å²) in [4.78, 5) is 33.6. The van der Waals surface area contributed by atoms with Gasteiger partial charge in [0.05, 0.1) is 29.3 Å². The Bertz CT molecular complexity index is 2890. The van der Waals surface area contributed by atoms with E-state index in [2.05, 4.69) is 22.0 Å². The number of sulfone groups is 1. The summed E-state index contributed by atoms with van der Waals surface area (Å²) in [5.74, 6) is -4.24. The summed E-state index contributed by atoms with van der Waals surface area (Å²) in [5, 5.41) is 8.47. The van der Waals surface area contributed by atoms with E-state index in [9.17, 15) is 40.0 Å². The number of aromatic nitrogens is 5. The van der Waals surface area contributed by atoms with Gasteiger partial charge >= 0.3 is 12.3 Å². The predicted molar refractivity (Wildman–Crippen MR) is 221 cm³/mol. The number of carbonyl (C=O) groups is 2. The number of aryl methyl sites for hydroxylation is 1. The summed E-state index contributed by atoms with van der Waals surface area (Å²) in [7, 11) is -1.95. The Labute approximate surface area is 369 Å². The van der Waals surface area contributed by atoms with Crippen LogP contribution in [0, 0.1) is 29.4 Å². The van der Waals surface area contributed by atoms with Crippen molar-refractivity contribution in [2.45, 2.75) is 94.3 Å². The summed E-state index contributed by atoms with van der Waals surface area (Å²) >= 11 is 0. The first kappa shape index (κ1) is 45.7. The lowest BCUT2D eigenvalue weighted by Gasteiger charge is -2.33. The Hall–Kier alpha value is -5.81. The Morgan fingerprint density at radius 1 is 1.03 bits per heavy atom. The number of hydrogen-bond donors (Lipinski definition) is 0. The van der Waals surface area contributed by atoms with Crippen LogP contribution in [0.2, 0.25) is 0 Å². The molecule has 12 nitrogen and oxygen atoms in total. The highest BCUT2D eigenvalue weighted by Crippen LogP contribution is 2.68. The van der Waals surface area contributed by atoms with E-state index in [1.165, 1.54) is 9.58 Å². The van der Waals surface area contributed by atoms with Gasteiger partial charge in [-0.1, -0.05) is 24.1 Å². The first-order valence-corrected chi connectivity index (χ1v) is 22.7. The van der Waals surface area contributed by atoms with E-state index in [4.69, 9.17) is 14.5 Å². The highest BCUT2D eigenvalue weighted by atomic mass is 32.2. The molecule has 3 aromatic heterocycles. The molecule has 8 rings (SSSR count). The molecule has 5 aromatic rings. The molecule has 1 amide bonds. The van der Waals surface area contributed by atoms with E-state index in [0.717, 1.165) is 18.4 Å². The van der Waals surface area contributed by atoms with Gasteiger partial charge < -0.3 is 9.47 Å². The van der Waals surface area contributed by atoms with Crippen molar-refractivity contribution in [3.63, 3.8) is 0 Å². The number of rotatable bonds is 10. The van der Waals surface area contributed by atoms with Crippen molar-refractivity contribution in [2.75, 3.05) is 19.6 Å². The lowest BCUT2D eigenvalue weighted by atomic mass is 9.86. The topological polar surface area (TPSA) is 139 Å². The van der Waals surface area contributed by atoms with Crippen LogP contribution in [0.3, 0.4) is 0 Å². The molecule has 1 saturated heterocycles. The molecule has 4 heterocycles. The molecule has 0 spiro atoms. The van der Waals surface area contributed by atoms with Gasteiger partial charge in [-0.05, 0) is 75.3 Å². The maximum absolute atomic E-state index is 15.6. The highest BCUT2D eigenvalue weighted by molar-refractivity contribution is 7.89. The maximum atomic E-state index is 15.6. The number of pyridine rings is 1. The van der Waals surface area contributed by atoms with Gasteiger partial charge in [-0.2, -0.15) is 32.1 Å². The molecule has 3 aliphatic rings. The van der Waals surface area contributed by atoms with Crippen LogP contribution in [0.15, 0.2) is 48.5 Å². The number of para-hydroxylation sites is 1. The van der Waals surface area contributed by atoms with Crippen molar-refractivity contribution < 1.29 is 58.2 Å². The van der Waals surface area contributed by atoms with Crippen molar-refractivity contribution in [3.05, 3.63) is 99.8 Å². The minimum absolute atomic E-state index is 0.0693. The number of ketones is 1. The van der Waals surface area contributed by atoms with Crippen molar-refractivity contribution in [1.29, 1.82) is 0 Å². The summed E-state index contributed by atoms with van der Waals surface area (Å²) < 4.78 is 141. The van der Waals surface area contributed by atoms with Crippen molar-refractivity contribution in [2.24, 2.45) is 13.0 Å². The number of hydrogen-bond acceptors (Lipinski definition) is 9. The molecular formula is C45H43F7N6O6S.